The van der Waals surface area contributed by atoms with Gasteiger partial charge in [-0.3, -0.25) is 9.59 Å². The molecule has 1 heterocycles. The van der Waals surface area contributed by atoms with Gasteiger partial charge in [-0.2, -0.15) is 10.5 Å². The summed E-state index contributed by atoms with van der Waals surface area (Å²) in [5.41, 5.74) is 6.74. The maximum absolute atomic E-state index is 12.4. The molecule has 0 saturated heterocycles. The fraction of sp³-hybridized carbons (Fsp3) is 0.211. The monoisotopic (exact) mass is 394 g/mol. The molecule has 3 N–H and O–H groups in total. The highest BCUT2D eigenvalue weighted by Gasteiger charge is 2.18. The molecular weight excluding hydrogens is 376 g/mol. The number of amides is 2. The van der Waals surface area contributed by atoms with Crippen molar-refractivity contribution in [3.63, 3.8) is 0 Å². The predicted octanol–water partition coefficient (Wildman–Crippen LogP) is 2.25. The second-order valence-electron chi connectivity index (χ2n) is 5.72. The first-order chi connectivity index (χ1) is 13.5. The fourth-order valence-corrected chi connectivity index (χ4v) is 3.09. The van der Waals surface area contributed by atoms with Crippen LogP contribution in [0.2, 0.25) is 0 Å². The van der Waals surface area contributed by atoms with Crippen molar-refractivity contribution in [2.75, 3.05) is 30.4 Å². The number of pyridine rings is 1. The van der Waals surface area contributed by atoms with Gasteiger partial charge in [0.25, 0.3) is 5.91 Å². The lowest BCUT2D eigenvalue weighted by Gasteiger charge is -2.15. The number of aromatic nitrogens is 1. The first kappa shape index (κ1) is 20.7. The van der Waals surface area contributed by atoms with Crippen LogP contribution in [0.3, 0.4) is 0 Å². The van der Waals surface area contributed by atoms with E-state index in [0.29, 0.717) is 12.2 Å². The van der Waals surface area contributed by atoms with E-state index < -0.39 is 5.91 Å². The highest BCUT2D eigenvalue weighted by Crippen LogP contribution is 2.25. The molecule has 8 nitrogen and oxygen atoms in total. The van der Waals surface area contributed by atoms with E-state index in [0.717, 1.165) is 11.8 Å². The smallest absolute Gasteiger partial charge is 0.259 e. The van der Waals surface area contributed by atoms with Gasteiger partial charge in [-0.25, -0.2) is 4.98 Å². The van der Waals surface area contributed by atoms with Gasteiger partial charge in [0.05, 0.1) is 29.4 Å². The van der Waals surface area contributed by atoms with Gasteiger partial charge in [-0.1, -0.05) is 30.0 Å². The van der Waals surface area contributed by atoms with E-state index in [-0.39, 0.29) is 40.1 Å². The molecule has 0 aliphatic rings. The van der Waals surface area contributed by atoms with Crippen LogP contribution in [0.1, 0.15) is 22.3 Å². The summed E-state index contributed by atoms with van der Waals surface area (Å²) in [7, 11) is 1.60. The number of nitrogens with one attached hydrogen (secondary N) is 1. The number of carbonyl (C=O) groups is 2. The lowest BCUT2D eigenvalue weighted by Crippen LogP contribution is -2.29. The van der Waals surface area contributed by atoms with Gasteiger partial charge in [-0.05, 0) is 18.2 Å². The van der Waals surface area contributed by atoms with Crippen LogP contribution in [0.5, 0.6) is 0 Å². The van der Waals surface area contributed by atoms with Crippen LogP contribution in [-0.2, 0) is 4.79 Å². The normalized spacial score (nSPS) is 9.82. The summed E-state index contributed by atoms with van der Waals surface area (Å²) in [6.07, 6.45) is 0.243. The zero-order valence-electron chi connectivity index (χ0n) is 15.2. The maximum atomic E-state index is 12.4. The molecule has 0 unspecified atom stereocenters. The zero-order chi connectivity index (χ0) is 20.5. The molecule has 0 aliphatic carbocycles. The van der Waals surface area contributed by atoms with E-state index in [1.54, 1.807) is 31.3 Å². The molecule has 1 aromatic heterocycles. The van der Waals surface area contributed by atoms with Crippen LogP contribution in [0.25, 0.3) is 0 Å². The number of nitrogens with two attached hydrogens (primary N) is 1. The predicted molar refractivity (Wildman–Crippen MR) is 106 cm³/mol. The molecule has 9 heteroatoms. The molecule has 0 bridgehead atoms. The Morgan fingerprint density at radius 2 is 2.00 bits per heavy atom. The van der Waals surface area contributed by atoms with E-state index in [1.807, 2.05) is 18.2 Å². The van der Waals surface area contributed by atoms with E-state index >= 15 is 0 Å². The van der Waals surface area contributed by atoms with Crippen molar-refractivity contribution in [3.05, 3.63) is 47.5 Å². The summed E-state index contributed by atoms with van der Waals surface area (Å²) in [4.78, 5) is 30.1. The quantitative estimate of drug-likeness (QED) is 0.687. The standard InChI is InChI=1S/C19H18N6O2S/c1-25(9-5-8-20)16(26)12-28-19-13(11-21)10-15(17(22)24-19)18(27)23-14-6-3-2-4-7-14/h2-4,6-7,10H,5,9,12H2,1H3,(H2,22,24)(H,23,27). The lowest BCUT2D eigenvalue weighted by atomic mass is 10.2. The van der Waals surface area contributed by atoms with Crippen molar-refractivity contribution in [1.29, 1.82) is 10.5 Å². The third-order valence-electron chi connectivity index (χ3n) is 3.73. The van der Waals surface area contributed by atoms with Crippen LogP contribution in [0, 0.1) is 22.7 Å². The Balaban J connectivity index is 2.13. The largest absolute Gasteiger partial charge is 0.383 e. The van der Waals surface area contributed by atoms with Crippen molar-refractivity contribution in [1.82, 2.24) is 9.88 Å². The van der Waals surface area contributed by atoms with Gasteiger partial charge in [0, 0.05) is 19.3 Å². The molecule has 0 atom stereocenters. The van der Waals surface area contributed by atoms with Gasteiger partial charge in [0.1, 0.15) is 16.9 Å². The Labute approximate surface area is 167 Å². The Morgan fingerprint density at radius 1 is 1.29 bits per heavy atom. The van der Waals surface area contributed by atoms with Gasteiger partial charge in [0.15, 0.2) is 0 Å². The number of hydrogen-bond donors (Lipinski definition) is 2. The molecule has 2 aromatic rings. The molecule has 2 rings (SSSR count). The number of carbonyl (C=O) groups excluding carboxylic acids is 2. The van der Waals surface area contributed by atoms with Gasteiger partial charge >= 0.3 is 0 Å². The second-order valence-corrected chi connectivity index (χ2v) is 6.68. The first-order valence-electron chi connectivity index (χ1n) is 8.27. The van der Waals surface area contributed by atoms with Crippen molar-refractivity contribution in [2.24, 2.45) is 0 Å². The third-order valence-corrected chi connectivity index (χ3v) is 4.71. The van der Waals surface area contributed by atoms with Crippen LogP contribution in [0.15, 0.2) is 41.4 Å². The van der Waals surface area contributed by atoms with Gasteiger partial charge in [0.2, 0.25) is 5.91 Å². The Morgan fingerprint density at radius 3 is 2.64 bits per heavy atom. The SMILES string of the molecule is CN(CCC#N)C(=O)CSc1nc(N)c(C(=O)Nc2ccccc2)cc1C#N. The summed E-state index contributed by atoms with van der Waals surface area (Å²) in [5.74, 6) is -0.661. The minimum absolute atomic E-state index is 0.0276. The van der Waals surface area contributed by atoms with Crippen LogP contribution in [0.4, 0.5) is 11.5 Å². The van der Waals surface area contributed by atoms with Crippen LogP contribution in [-0.4, -0.2) is 41.0 Å². The van der Waals surface area contributed by atoms with E-state index in [2.05, 4.69) is 10.3 Å². The highest BCUT2D eigenvalue weighted by molar-refractivity contribution is 8.00. The summed E-state index contributed by atoms with van der Waals surface area (Å²) < 4.78 is 0. The molecule has 1 aromatic carbocycles. The molecule has 0 fully saturated rings. The van der Waals surface area contributed by atoms with E-state index in [4.69, 9.17) is 11.0 Å². The zero-order valence-corrected chi connectivity index (χ0v) is 16.0. The molecule has 0 aliphatic heterocycles. The minimum Gasteiger partial charge on any atom is -0.383 e. The average Bonchev–Trinajstić information content (AvgIpc) is 2.70. The van der Waals surface area contributed by atoms with Crippen molar-refractivity contribution < 1.29 is 9.59 Å². The molecular formula is C19H18N6O2S. The maximum Gasteiger partial charge on any atom is 0.259 e. The number of rotatable bonds is 7. The van der Waals surface area contributed by atoms with Crippen LogP contribution >= 0.6 is 11.8 Å². The lowest BCUT2D eigenvalue weighted by molar-refractivity contribution is -0.127. The number of hydrogen-bond acceptors (Lipinski definition) is 7. The van der Waals surface area contributed by atoms with Gasteiger partial charge < -0.3 is 16.0 Å². The van der Waals surface area contributed by atoms with Crippen molar-refractivity contribution in [2.45, 2.75) is 11.4 Å². The number of nitriles is 2. The first-order valence-corrected chi connectivity index (χ1v) is 9.25. The van der Waals surface area contributed by atoms with Gasteiger partial charge in [-0.15, -0.1) is 0 Å². The minimum atomic E-state index is -0.475. The number of nitrogen functional groups attached to an aromatic ring is 1. The Bertz CT molecular complexity index is 949. The topological polar surface area (TPSA) is 136 Å². The summed E-state index contributed by atoms with van der Waals surface area (Å²) >= 11 is 1.06. The molecule has 142 valence electrons. The molecule has 28 heavy (non-hydrogen) atoms. The van der Waals surface area contributed by atoms with E-state index in [9.17, 15) is 14.9 Å². The number of nitrogens with zero attached hydrogens (tertiary/aromatic N) is 4. The van der Waals surface area contributed by atoms with E-state index in [1.165, 1.54) is 11.0 Å². The van der Waals surface area contributed by atoms with Crippen molar-refractivity contribution in [3.8, 4) is 12.1 Å². The Hall–Kier alpha value is -3.56. The molecule has 2 amide bonds. The molecule has 0 spiro atoms. The van der Waals surface area contributed by atoms with Crippen LogP contribution < -0.4 is 11.1 Å². The summed E-state index contributed by atoms with van der Waals surface area (Å²) in [6, 6.07) is 14.2. The molecule has 0 saturated carbocycles. The Kier molecular flexibility index (Phi) is 7.37. The average molecular weight is 394 g/mol. The third kappa shape index (κ3) is 5.47. The second kappa shape index (κ2) is 9.95. The molecule has 0 radical (unpaired) electrons. The number of para-hydroxylation sites is 1. The highest BCUT2D eigenvalue weighted by atomic mass is 32.2. The summed E-state index contributed by atoms with van der Waals surface area (Å²) in [6.45, 7) is 0.329. The van der Waals surface area contributed by atoms with Crippen molar-refractivity contribution >= 4 is 35.1 Å². The number of benzene rings is 1. The number of anilines is 2. The fourth-order valence-electron chi connectivity index (χ4n) is 2.18. The summed E-state index contributed by atoms with van der Waals surface area (Å²) in [5, 5.41) is 20.9. The number of thioether (sulfide) groups is 1.